The van der Waals surface area contributed by atoms with Crippen molar-refractivity contribution in [3.05, 3.63) is 54.4 Å². The van der Waals surface area contributed by atoms with Crippen LogP contribution in [0.1, 0.15) is 11.1 Å². The maximum atomic E-state index is 13.3. The molecule has 1 aromatic carbocycles. The molecule has 0 atom stereocenters. The van der Waals surface area contributed by atoms with E-state index in [0.717, 1.165) is 0 Å². The summed E-state index contributed by atoms with van der Waals surface area (Å²) in [4.78, 5) is 3.39. The van der Waals surface area contributed by atoms with Crippen LogP contribution in [-0.2, 0) is 0 Å². The summed E-state index contributed by atoms with van der Waals surface area (Å²) >= 11 is 0. The Labute approximate surface area is 109 Å². The highest BCUT2D eigenvalue weighted by Gasteiger charge is 2.33. The molecule has 0 N–H and O–H groups in total. The third-order valence-corrected chi connectivity index (χ3v) is 2.50. The van der Waals surface area contributed by atoms with Crippen LogP contribution in [0.2, 0.25) is 0 Å². The van der Waals surface area contributed by atoms with Crippen LogP contribution in [0.25, 0.3) is 5.57 Å². The molecular weight excluding hydrogens is 258 g/mol. The lowest BCUT2D eigenvalue weighted by atomic mass is 10.1. The van der Waals surface area contributed by atoms with E-state index in [1.54, 1.807) is 13.0 Å². The minimum absolute atomic E-state index is 0.261. The van der Waals surface area contributed by atoms with Crippen molar-refractivity contribution < 1.29 is 17.6 Å². The third kappa shape index (κ3) is 4.05. The molecular formula is C14H13F4N. The van der Waals surface area contributed by atoms with Crippen LogP contribution < -0.4 is 0 Å². The highest BCUT2D eigenvalue weighted by Crippen LogP contribution is 2.20. The van der Waals surface area contributed by atoms with Gasteiger partial charge in [-0.1, -0.05) is 25.3 Å². The first-order valence-corrected chi connectivity index (χ1v) is 5.44. The standard InChI is InChI=1S/C14H13F4N/c1-4-13(14(16,17)18)19-8-10(3)11-6-5-9(2)12(15)7-11/h4-7H,1,3,8H2,2H3/b19-13+. The Kier molecular flexibility index (Phi) is 4.64. The number of rotatable bonds is 4. The van der Waals surface area contributed by atoms with Crippen molar-refractivity contribution in [3.63, 3.8) is 0 Å². The summed E-state index contributed by atoms with van der Waals surface area (Å²) in [5, 5.41) is 0. The quantitative estimate of drug-likeness (QED) is 0.570. The predicted octanol–water partition coefficient (Wildman–Crippen LogP) is 4.34. The van der Waals surface area contributed by atoms with Gasteiger partial charge >= 0.3 is 6.18 Å². The lowest BCUT2D eigenvalue weighted by Gasteiger charge is -2.08. The number of benzene rings is 1. The van der Waals surface area contributed by atoms with E-state index >= 15 is 0 Å². The average Bonchev–Trinajstić information content (AvgIpc) is 2.31. The van der Waals surface area contributed by atoms with Gasteiger partial charge in [-0.25, -0.2) is 4.39 Å². The van der Waals surface area contributed by atoms with Gasteiger partial charge in [0.05, 0.1) is 6.54 Å². The molecule has 5 heteroatoms. The molecule has 0 saturated carbocycles. The fraction of sp³-hybridized carbons (Fsp3) is 0.214. The largest absolute Gasteiger partial charge is 0.432 e. The number of alkyl halides is 3. The topological polar surface area (TPSA) is 12.4 Å². The van der Waals surface area contributed by atoms with Crippen LogP contribution in [0.5, 0.6) is 0 Å². The zero-order valence-corrected chi connectivity index (χ0v) is 10.4. The summed E-state index contributed by atoms with van der Waals surface area (Å²) in [5.74, 6) is -0.428. The molecule has 0 aromatic heterocycles. The van der Waals surface area contributed by atoms with Crippen LogP contribution in [0.4, 0.5) is 17.6 Å². The van der Waals surface area contributed by atoms with Crippen molar-refractivity contribution in [3.8, 4) is 0 Å². The van der Waals surface area contributed by atoms with Gasteiger partial charge in [0.1, 0.15) is 11.5 Å². The van der Waals surface area contributed by atoms with E-state index in [4.69, 9.17) is 0 Å². The van der Waals surface area contributed by atoms with E-state index in [1.807, 2.05) is 0 Å². The summed E-state index contributed by atoms with van der Waals surface area (Å²) < 4.78 is 50.5. The molecule has 1 nitrogen and oxygen atoms in total. The van der Waals surface area contributed by atoms with Gasteiger partial charge in [-0.3, -0.25) is 4.99 Å². The Balaban J connectivity index is 2.88. The van der Waals surface area contributed by atoms with E-state index in [-0.39, 0.29) is 6.54 Å². The van der Waals surface area contributed by atoms with Gasteiger partial charge in [0.25, 0.3) is 0 Å². The number of aliphatic imine (C=N–C) groups is 1. The van der Waals surface area contributed by atoms with Crippen LogP contribution >= 0.6 is 0 Å². The van der Waals surface area contributed by atoms with Crippen molar-refractivity contribution in [2.75, 3.05) is 6.54 Å². The smallest absolute Gasteiger partial charge is 0.276 e. The van der Waals surface area contributed by atoms with E-state index in [9.17, 15) is 17.6 Å². The van der Waals surface area contributed by atoms with Crippen molar-refractivity contribution in [2.45, 2.75) is 13.1 Å². The van der Waals surface area contributed by atoms with E-state index < -0.39 is 17.7 Å². The number of hydrogen-bond donors (Lipinski definition) is 0. The maximum absolute atomic E-state index is 13.3. The van der Waals surface area contributed by atoms with E-state index in [1.165, 1.54) is 12.1 Å². The molecule has 0 fully saturated rings. The van der Waals surface area contributed by atoms with Gasteiger partial charge in [0.15, 0.2) is 0 Å². The summed E-state index contributed by atoms with van der Waals surface area (Å²) in [6.07, 6.45) is -3.90. The molecule has 0 spiro atoms. The highest BCUT2D eigenvalue weighted by atomic mass is 19.4. The monoisotopic (exact) mass is 271 g/mol. The number of hydrogen-bond acceptors (Lipinski definition) is 1. The van der Waals surface area contributed by atoms with E-state index in [2.05, 4.69) is 18.2 Å². The summed E-state index contributed by atoms with van der Waals surface area (Å²) in [6, 6.07) is 4.36. The highest BCUT2D eigenvalue weighted by molar-refractivity contribution is 5.99. The molecule has 0 heterocycles. The Morgan fingerprint density at radius 3 is 2.47 bits per heavy atom. The molecule has 19 heavy (non-hydrogen) atoms. The van der Waals surface area contributed by atoms with Crippen molar-refractivity contribution in [2.24, 2.45) is 4.99 Å². The van der Waals surface area contributed by atoms with Crippen molar-refractivity contribution >= 4 is 11.3 Å². The first-order valence-electron chi connectivity index (χ1n) is 5.44. The van der Waals surface area contributed by atoms with Gasteiger partial charge in [-0.2, -0.15) is 13.2 Å². The molecule has 0 saturated heterocycles. The zero-order valence-electron chi connectivity index (χ0n) is 10.4. The fourth-order valence-corrected chi connectivity index (χ4v) is 1.35. The van der Waals surface area contributed by atoms with Crippen LogP contribution in [0.3, 0.4) is 0 Å². The molecule has 0 unspecified atom stereocenters. The Hall–Kier alpha value is -1.91. The fourth-order valence-electron chi connectivity index (χ4n) is 1.35. The molecule has 102 valence electrons. The van der Waals surface area contributed by atoms with Gasteiger partial charge in [0.2, 0.25) is 0 Å². The second-order valence-electron chi connectivity index (χ2n) is 3.97. The minimum atomic E-state index is -4.54. The first kappa shape index (κ1) is 15.1. The first-order chi connectivity index (χ1) is 8.75. The molecule has 0 radical (unpaired) electrons. The second-order valence-corrected chi connectivity index (χ2v) is 3.97. The summed E-state index contributed by atoms with van der Waals surface area (Å²) in [6.45, 7) is 8.01. The van der Waals surface area contributed by atoms with Gasteiger partial charge in [0, 0.05) is 0 Å². The van der Waals surface area contributed by atoms with Crippen molar-refractivity contribution in [1.29, 1.82) is 0 Å². The molecule has 0 bridgehead atoms. The molecule has 1 aromatic rings. The summed E-state index contributed by atoms with van der Waals surface area (Å²) in [5.41, 5.74) is 0.128. The molecule has 0 aliphatic rings. The van der Waals surface area contributed by atoms with Gasteiger partial charge in [-0.15, -0.1) is 0 Å². The Morgan fingerprint density at radius 2 is 2.00 bits per heavy atom. The Morgan fingerprint density at radius 1 is 1.37 bits per heavy atom. The average molecular weight is 271 g/mol. The molecule has 0 aliphatic carbocycles. The number of allylic oxidation sites excluding steroid dienone is 1. The van der Waals surface area contributed by atoms with Crippen LogP contribution in [0, 0.1) is 12.7 Å². The van der Waals surface area contributed by atoms with Crippen molar-refractivity contribution in [1.82, 2.24) is 0 Å². The van der Waals surface area contributed by atoms with Crippen LogP contribution in [-0.4, -0.2) is 18.4 Å². The van der Waals surface area contributed by atoms with Gasteiger partial charge in [-0.05, 0) is 35.8 Å². The lowest BCUT2D eigenvalue weighted by Crippen LogP contribution is -2.21. The van der Waals surface area contributed by atoms with Crippen LogP contribution in [0.15, 0.2) is 42.4 Å². The van der Waals surface area contributed by atoms with E-state index in [0.29, 0.717) is 22.8 Å². The number of nitrogens with zero attached hydrogens (tertiary/aromatic N) is 1. The second kappa shape index (κ2) is 5.82. The Bertz CT molecular complexity index is 527. The molecule has 0 amide bonds. The predicted molar refractivity (Wildman–Crippen MR) is 68.7 cm³/mol. The summed E-state index contributed by atoms with van der Waals surface area (Å²) in [7, 11) is 0. The molecule has 1 rings (SSSR count). The maximum Gasteiger partial charge on any atom is 0.432 e. The number of aryl methyl sites for hydroxylation is 1. The minimum Gasteiger partial charge on any atom is -0.276 e. The zero-order chi connectivity index (χ0) is 14.6. The van der Waals surface area contributed by atoms with Gasteiger partial charge < -0.3 is 0 Å². The lowest BCUT2D eigenvalue weighted by molar-refractivity contribution is -0.0577. The number of halogens is 4. The third-order valence-electron chi connectivity index (χ3n) is 2.50. The SMILES string of the molecule is C=C/C(=N\CC(=C)c1ccc(C)c(F)c1)C(F)(F)F. The molecule has 0 aliphatic heterocycles. The normalized spacial score (nSPS) is 12.4.